The summed E-state index contributed by atoms with van der Waals surface area (Å²) in [6.45, 7) is 7.50. The highest BCUT2D eigenvalue weighted by Gasteiger charge is 2.27. The van der Waals surface area contributed by atoms with Crippen LogP contribution in [0.5, 0.6) is 5.19 Å². The smallest absolute Gasteiger partial charge is 0.274 e. The van der Waals surface area contributed by atoms with Crippen LogP contribution in [0.3, 0.4) is 0 Å². The Morgan fingerprint density at radius 1 is 1.19 bits per heavy atom. The molecule has 1 aromatic carbocycles. The zero-order chi connectivity index (χ0) is 19.1. The predicted molar refractivity (Wildman–Crippen MR) is 107 cm³/mol. The lowest BCUT2D eigenvalue weighted by atomic mass is 10.1. The molecule has 142 valence electrons. The highest BCUT2D eigenvalue weighted by Crippen LogP contribution is 2.33. The van der Waals surface area contributed by atoms with Crippen LogP contribution in [-0.4, -0.2) is 44.8 Å². The van der Waals surface area contributed by atoms with Crippen molar-refractivity contribution < 1.29 is 9.53 Å². The molecule has 7 heteroatoms. The molecule has 4 rings (SSSR count). The number of benzene rings is 1. The molecule has 0 N–H and O–H groups in total. The number of aryl methyl sites for hydroxylation is 4. The summed E-state index contributed by atoms with van der Waals surface area (Å²) in [5.41, 5.74) is 4.94. The average Bonchev–Trinajstić information content (AvgIpc) is 3.23. The van der Waals surface area contributed by atoms with Gasteiger partial charge in [0, 0.05) is 38.7 Å². The maximum Gasteiger partial charge on any atom is 0.274 e. The highest BCUT2D eigenvalue weighted by atomic mass is 32.1. The molecule has 1 saturated heterocycles. The number of rotatable bonds is 3. The third-order valence-corrected chi connectivity index (χ3v) is 6.33. The van der Waals surface area contributed by atoms with E-state index < -0.39 is 0 Å². The summed E-state index contributed by atoms with van der Waals surface area (Å²) in [4.78, 5) is 19.2. The summed E-state index contributed by atoms with van der Waals surface area (Å²) in [7, 11) is 1.85. The number of ether oxygens (including phenoxy) is 1. The average molecular weight is 385 g/mol. The lowest BCUT2D eigenvalue weighted by molar-refractivity contribution is 0.0589. The molecule has 0 spiro atoms. The third-order valence-electron chi connectivity index (χ3n) is 5.25. The Balaban J connectivity index is 1.40. The number of amides is 1. The summed E-state index contributed by atoms with van der Waals surface area (Å²) in [5.74, 6) is 0.00314. The molecular formula is C20H24N4O2S. The molecule has 0 unspecified atom stereocenters. The number of fused-ring (bicyclic) bond motifs is 1. The standard InChI is InChI=1S/C20H24N4O2S/c1-12-5-6-13(2)18-17(12)21-20(27-18)26-15-7-9-24(10-8-15)19(25)16-11-14(3)23(4)22-16/h5-6,11,15H,7-10H2,1-4H3. The van der Waals surface area contributed by atoms with Crippen LogP contribution in [0, 0.1) is 20.8 Å². The van der Waals surface area contributed by atoms with E-state index in [4.69, 9.17) is 4.74 Å². The fourth-order valence-corrected chi connectivity index (χ4v) is 4.46. The van der Waals surface area contributed by atoms with Crippen LogP contribution in [0.1, 0.15) is 40.2 Å². The minimum Gasteiger partial charge on any atom is -0.467 e. The third kappa shape index (κ3) is 3.43. The fraction of sp³-hybridized carbons (Fsp3) is 0.450. The van der Waals surface area contributed by atoms with Crippen LogP contribution < -0.4 is 4.74 Å². The van der Waals surface area contributed by atoms with Crippen molar-refractivity contribution in [3.05, 3.63) is 40.7 Å². The normalized spacial score (nSPS) is 15.5. The number of hydrogen-bond donors (Lipinski definition) is 0. The quantitative estimate of drug-likeness (QED) is 0.692. The van der Waals surface area contributed by atoms with Crippen molar-refractivity contribution in [1.29, 1.82) is 0 Å². The van der Waals surface area contributed by atoms with E-state index >= 15 is 0 Å². The number of piperidine rings is 1. The first-order valence-electron chi connectivity index (χ1n) is 9.25. The van der Waals surface area contributed by atoms with Gasteiger partial charge in [-0.05, 0) is 38.0 Å². The van der Waals surface area contributed by atoms with Gasteiger partial charge in [0.15, 0.2) is 5.69 Å². The first kappa shape index (κ1) is 18.0. The van der Waals surface area contributed by atoms with E-state index in [-0.39, 0.29) is 12.0 Å². The van der Waals surface area contributed by atoms with Gasteiger partial charge in [-0.15, -0.1) is 0 Å². The van der Waals surface area contributed by atoms with E-state index in [2.05, 4.69) is 36.1 Å². The number of hydrogen-bond acceptors (Lipinski definition) is 5. The molecule has 3 heterocycles. The molecular weight excluding hydrogens is 360 g/mol. The van der Waals surface area contributed by atoms with Gasteiger partial charge in [-0.2, -0.15) is 5.10 Å². The Kier molecular flexibility index (Phi) is 4.63. The van der Waals surface area contributed by atoms with Crippen molar-refractivity contribution in [2.45, 2.75) is 39.7 Å². The van der Waals surface area contributed by atoms with Gasteiger partial charge >= 0.3 is 0 Å². The lowest BCUT2D eigenvalue weighted by Crippen LogP contribution is -2.42. The van der Waals surface area contributed by atoms with Crippen LogP contribution in [0.15, 0.2) is 18.2 Å². The Labute approximate surface area is 162 Å². The fourth-order valence-electron chi connectivity index (χ4n) is 3.44. The second kappa shape index (κ2) is 6.96. The highest BCUT2D eigenvalue weighted by molar-refractivity contribution is 7.20. The number of carbonyl (C=O) groups is 1. The summed E-state index contributed by atoms with van der Waals surface area (Å²) in [6, 6.07) is 6.07. The van der Waals surface area contributed by atoms with Gasteiger partial charge in [0.05, 0.1) is 10.2 Å². The van der Waals surface area contributed by atoms with Crippen molar-refractivity contribution >= 4 is 27.5 Å². The molecule has 1 aliphatic heterocycles. The Bertz CT molecular complexity index is 940. The topological polar surface area (TPSA) is 60.2 Å². The largest absolute Gasteiger partial charge is 0.467 e. The van der Waals surface area contributed by atoms with Crippen LogP contribution in [0.4, 0.5) is 0 Å². The van der Waals surface area contributed by atoms with Crippen molar-refractivity contribution in [3.63, 3.8) is 0 Å². The van der Waals surface area contributed by atoms with Gasteiger partial charge < -0.3 is 9.64 Å². The first-order chi connectivity index (χ1) is 12.9. The van der Waals surface area contributed by atoms with Crippen LogP contribution in [0.25, 0.3) is 10.2 Å². The molecule has 1 aliphatic rings. The number of aromatic nitrogens is 3. The van der Waals surface area contributed by atoms with E-state index in [9.17, 15) is 4.79 Å². The van der Waals surface area contributed by atoms with E-state index in [1.165, 1.54) is 15.8 Å². The van der Waals surface area contributed by atoms with Gasteiger partial charge in [0.25, 0.3) is 11.1 Å². The van der Waals surface area contributed by atoms with Crippen molar-refractivity contribution in [2.75, 3.05) is 13.1 Å². The summed E-state index contributed by atoms with van der Waals surface area (Å²) in [5, 5.41) is 5.03. The van der Waals surface area contributed by atoms with Crippen molar-refractivity contribution in [3.8, 4) is 5.19 Å². The number of carbonyl (C=O) groups excluding carboxylic acids is 1. The van der Waals surface area contributed by atoms with Gasteiger partial charge in [-0.25, -0.2) is 4.98 Å². The van der Waals surface area contributed by atoms with Gasteiger partial charge in [-0.3, -0.25) is 9.48 Å². The minimum atomic E-state index is 0.00314. The molecule has 1 fully saturated rings. The zero-order valence-electron chi connectivity index (χ0n) is 16.2. The maximum absolute atomic E-state index is 12.6. The van der Waals surface area contributed by atoms with E-state index in [0.717, 1.165) is 29.2 Å². The summed E-state index contributed by atoms with van der Waals surface area (Å²) >= 11 is 1.61. The molecule has 0 atom stereocenters. The molecule has 3 aromatic rings. The van der Waals surface area contributed by atoms with Crippen LogP contribution in [-0.2, 0) is 7.05 Å². The number of thiazole rings is 1. The van der Waals surface area contributed by atoms with Crippen LogP contribution in [0.2, 0.25) is 0 Å². The molecule has 0 saturated carbocycles. The second-order valence-electron chi connectivity index (χ2n) is 7.26. The Hall–Kier alpha value is -2.41. The number of likely N-dealkylation sites (tertiary alicyclic amines) is 1. The monoisotopic (exact) mass is 384 g/mol. The van der Waals surface area contributed by atoms with Gasteiger partial charge in [0.2, 0.25) is 0 Å². The predicted octanol–water partition coefficient (Wildman–Crippen LogP) is 3.64. The van der Waals surface area contributed by atoms with Gasteiger partial charge in [0.1, 0.15) is 6.10 Å². The van der Waals surface area contributed by atoms with Crippen LogP contribution >= 0.6 is 11.3 Å². The summed E-state index contributed by atoms with van der Waals surface area (Å²) < 4.78 is 9.09. The molecule has 0 aliphatic carbocycles. The van der Waals surface area contributed by atoms with Gasteiger partial charge in [-0.1, -0.05) is 23.5 Å². The zero-order valence-corrected chi connectivity index (χ0v) is 17.0. The van der Waals surface area contributed by atoms with E-state index in [0.29, 0.717) is 18.8 Å². The minimum absolute atomic E-state index is 0.00314. The lowest BCUT2D eigenvalue weighted by Gasteiger charge is -2.31. The Morgan fingerprint density at radius 3 is 2.52 bits per heavy atom. The molecule has 1 amide bonds. The second-order valence-corrected chi connectivity index (χ2v) is 8.22. The molecule has 0 bridgehead atoms. The molecule has 27 heavy (non-hydrogen) atoms. The van der Waals surface area contributed by atoms with E-state index in [1.54, 1.807) is 16.0 Å². The first-order valence-corrected chi connectivity index (χ1v) is 10.1. The molecule has 2 aromatic heterocycles. The summed E-state index contributed by atoms with van der Waals surface area (Å²) in [6.07, 6.45) is 1.72. The molecule has 6 nitrogen and oxygen atoms in total. The van der Waals surface area contributed by atoms with Crippen molar-refractivity contribution in [2.24, 2.45) is 7.05 Å². The van der Waals surface area contributed by atoms with Crippen molar-refractivity contribution in [1.82, 2.24) is 19.7 Å². The number of nitrogens with zero attached hydrogens (tertiary/aromatic N) is 4. The molecule has 0 radical (unpaired) electrons. The maximum atomic E-state index is 12.6. The Morgan fingerprint density at radius 2 is 1.89 bits per heavy atom. The SMILES string of the molecule is Cc1ccc(C)c2sc(OC3CCN(C(=O)c4cc(C)n(C)n4)CC3)nc12. The van der Waals surface area contributed by atoms with E-state index in [1.807, 2.05) is 24.9 Å².